The van der Waals surface area contributed by atoms with Crippen molar-refractivity contribution in [3.8, 4) is 0 Å². The van der Waals surface area contributed by atoms with E-state index in [9.17, 15) is 9.59 Å². The zero-order valence-electron chi connectivity index (χ0n) is 14.0. The van der Waals surface area contributed by atoms with Gasteiger partial charge >= 0.3 is 0 Å². The minimum atomic E-state index is -0.167. The van der Waals surface area contributed by atoms with Crippen molar-refractivity contribution in [3.63, 3.8) is 0 Å². The number of hydrogen-bond donors (Lipinski definition) is 2. The van der Waals surface area contributed by atoms with Crippen molar-refractivity contribution in [1.82, 2.24) is 0 Å². The van der Waals surface area contributed by atoms with Crippen molar-refractivity contribution in [2.45, 2.75) is 37.3 Å². The SMILES string of the molecule is CCc1cccc(C)c1NC(=O)c1ccc2c(c1)NC(=O)[C@H](C)S2. The van der Waals surface area contributed by atoms with Gasteiger partial charge in [0.15, 0.2) is 0 Å². The van der Waals surface area contributed by atoms with Gasteiger partial charge in [-0.1, -0.05) is 25.1 Å². The van der Waals surface area contributed by atoms with E-state index in [-0.39, 0.29) is 17.1 Å². The smallest absolute Gasteiger partial charge is 0.255 e. The molecule has 24 heavy (non-hydrogen) atoms. The highest BCUT2D eigenvalue weighted by Gasteiger charge is 2.24. The van der Waals surface area contributed by atoms with Gasteiger partial charge in [0.05, 0.1) is 10.9 Å². The second-order valence-electron chi connectivity index (χ2n) is 5.88. The minimum absolute atomic E-state index is 0.0303. The molecule has 2 aromatic rings. The molecule has 0 radical (unpaired) electrons. The lowest BCUT2D eigenvalue weighted by molar-refractivity contribution is -0.115. The zero-order chi connectivity index (χ0) is 17.3. The molecule has 1 aliphatic heterocycles. The fourth-order valence-electron chi connectivity index (χ4n) is 2.74. The van der Waals surface area contributed by atoms with Crippen LogP contribution in [0, 0.1) is 6.92 Å². The van der Waals surface area contributed by atoms with Gasteiger partial charge in [0, 0.05) is 16.1 Å². The molecule has 2 N–H and O–H groups in total. The fourth-order valence-corrected chi connectivity index (χ4v) is 3.67. The molecule has 5 heteroatoms. The van der Waals surface area contributed by atoms with E-state index in [4.69, 9.17) is 0 Å². The first-order valence-corrected chi connectivity index (χ1v) is 8.89. The van der Waals surface area contributed by atoms with Crippen LogP contribution >= 0.6 is 11.8 Å². The van der Waals surface area contributed by atoms with Gasteiger partial charge in [0.25, 0.3) is 5.91 Å². The maximum absolute atomic E-state index is 12.6. The van der Waals surface area contributed by atoms with E-state index >= 15 is 0 Å². The van der Waals surface area contributed by atoms with Gasteiger partial charge in [-0.2, -0.15) is 0 Å². The Balaban J connectivity index is 1.87. The number of thioether (sulfide) groups is 1. The number of para-hydroxylation sites is 1. The van der Waals surface area contributed by atoms with E-state index in [0.29, 0.717) is 11.3 Å². The zero-order valence-corrected chi connectivity index (χ0v) is 14.8. The summed E-state index contributed by atoms with van der Waals surface area (Å²) in [6.07, 6.45) is 0.853. The average molecular weight is 340 g/mol. The number of hydrogen-bond acceptors (Lipinski definition) is 3. The molecule has 0 aliphatic carbocycles. The van der Waals surface area contributed by atoms with Gasteiger partial charge in [0.2, 0.25) is 5.91 Å². The Morgan fingerprint density at radius 2 is 2.08 bits per heavy atom. The molecule has 1 aliphatic rings. The Kier molecular flexibility index (Phi) is 4.62. The van der Waals surface area contributed by atoms with E-state index in [0.717, 1.165) is 28.1 Å². The van der Waals surface area contributed by atoms with Crippen molar-refractivity contribution in [1.29, 1.82) is 0 Å². The third-order valence-electron chi connectivity index (χ3n) is 4.15. The monoisotopic (exact) mass is 340 g/mol. The first-order valence-electron chi connectivity index (χ1n) is 8.01. The molecule has 0 spiro atoms. The number of carbonyl (C=O) groups is 2. The second kappa shape index (κ2) is 6.69. The van der Waals surface area contributed by atoms with Gasteiger partial charge in [-0.25, -0.2) is 0 Å². The van der Waals surface area contributed by atoms with Crippen molar-refractivity contribution in [3.05, 3.63) is 53.1 Å². The number of anilines is 2. The topological polar surface area (TPSA) is 58.2 Å². The van der Waals surface area contributed by atoms with Gasteiger partial charge in [-0.15, -0.1) is 11.8 Å². The van der Waals surface area contributed by atoms with Crippen LogP contribution in [-0.2, 0) is 11.2 Å². The number of fused-ring (bicyclic) bond motifs is 1. The van der Waals surface area contributed by atoms with E-state index in [1.165, 1.54) is 11.8 Å². The lowest BCUT2D eigenvalue weighted by Gasteiger charge is -2.22. The van der Waals surface area contributed by atoms with Crippen LogP contribution in [0.2, 0.25) is 0 Å². The van der Waals surface area contributed by atoms with Gasteiger partial charge in [-0.05, 0) is 49.6 Å². The van der Waals surface area contributed by atoms with Crippen LogP contribution in [0.15, 0.2) is 41.3 Å². The lowest BCUT2D eigenvalue weighted by Crippen LogP contribution is -2.26. The quantitative estimate of drug-likeness (QED) is 0.878. The largest absolute Gasteiger partial charge is 0.324 e. The Labute approximate surface area is 146 Å². The van der Waals surface area contributed by atoms with Crippen molar-refractivity contribution in [2.75, 3.05) is 10.6 Å². The Morgan fingerprint density at radius 3 is 2.83 bits per heavy atom. The summed E-state index contributed by atoms with van der Waals surface area (Å²) in [5, 5.41) is 5.76. The van der Waals surface area contributed by atoms with E-state index in [1.54, 1.807) is 12.1 Å². The standard InChI is InChI=1S/C19H20N2O2S/c1-4-13-7-5-6-11(2)17(13)21-19(23)14-8-9-16-15(10-14)20-18(22)12(3)24-16/h5-10,12H,4H2,1-3H3,(H,20,22)(H,21,23)/t12-/m0/s1. The van der Waals surface area contributed by atoms with Gasteiger partial charge < -0.3 is 10.6 Å². The van der Waals surface area contributed by atoms with E-state index in [2.05, 4.69) is 17.6 Å². The fraction of sp³-hybridized carbons (Fsp3) is 0.263. The van der Waals surface area contributed by atoms with E-state index in [1.807, 2.05) is 38.1 Å². The maximum Gasteiger partial charge on any atom is 0.255 e. The molecule has 2 aromatic carbocycles. The molecule has 0 saturated carbocycles. The first kappa shape index (κ1) is 16.6. The minimum Gasteiger partial charge on any atom is -0.324 e. The van der Waals surface area contributed by atoms with Crippen LogP contribution in [0.1, 0.15) is 35.3 Å². The molecular formula is C19H20N2O2S. The molecule has 0 unspecified atom stereocenters. The molecule has 0 saturated heterocycles. The Morgan fingerprint density at radius 1 is 1.29 bits per heavy atom. The molecule has 1 heterocycles. The molecule has 0 aromatic heterocycles. The third kappa shape index (κ3) is 3.17. The van der Waals surface area contributed by atoms with Gasteiger partial charge in [-0.3, -0.25) is 9.59 Å². The Hall–Kier alpha value is -2.27. The molecular weight excluding hydrogens is 320 g/mol. The van der Waals surface area contributed by atoms with Crippen LogP contribution in [0.5, 0.6) is 0 Å². The highest BCUT2D eigenvalue weighted by Crippen LogP contribution is 2.36. The van der Waals surface area contributed by atoms with Crippen LogP contribution in [0.25, 0.3) is 0 Å². The van der Waals surface area contributed by atoms with Gasteiger partial charge in [0.1, 0.15) is 0 Å². The number of rotatable bonds is 3. The number of aryl methyl sites for hydroxylation is 2. The van der Waals surface area contributed by atoms with Crippen LogP contribution < -0.4 is 10.6 Å². The van der Waals surface area contributed by atoms with Crippen molar-refractivity contribution < 1.29 is 9.59 Å². The summed E-state index contributed by atoms with van der Waals surface area (Å²) < 4.78 is 0. The predicted molar refractivity (Wildman–Crippen MR) is 98.9 cm³/mol. The van der Waals surface area contributed by atoms with Crippen molar-refractivity contribution >= 4 is 35.0 Å². The number of carbonyl (C=O) groups excluding carboxylic acids is 2. The maximum atomic E-state index is 12.6. The summed E-state index contributed by atoms with van der Waals surface area (Å²) in [7, 11) is 0. The summed E-state index contributed by atoms with van der Waals surface area (Å²) in [6.45, 7) is 5.92. The van der Waals surface area contributed by atoms with Crippen LogP contribution in [-0.4, -0.2) is 17.1 Å². The molecule has 1 atom stereocenters. The van der Waals surface area contributed by atoms with Crippen molar-refractivity contribution in [2.24, 2.45) is 0 Å². The summed E-state index contributed by atoms with van der Waals surface area (Å²) in [6, 6.07) is 11.4. The summed E-state index contributed by atoms with van der Waals surface area (Å²) >= 11 is 1.51. The summed E-state index contributed by atoms with van der Waals surface area (Å²) in [5.74, 6) is -0.197. The molecule has 3 rings (SSSR count). The Bertz CT molecular complexity index is 817. The number of amides is 2. The number of nitrogens with one attached hydrogen (secondary N) is 2. The number of benzene rings is 2. The molecule has 4 nitrogen and oxygen atoms in total. The lowest BCUT2D eigenvalue weighted by atomic mass is 10.1. The normalized spacial score (nSPS) is 16.3. The first-order chi connectivity index (χ1) is 11.5. The van der Waals surface area contributed by atoms with E-state index < -0.39 is 0 Å². The predicted octanol–water partition coefficient (Wildman–Crippen LogP) is 4.24. The second-order valence-corrected chi connectivity index (χ2v) is 7.26. The highest BCUT2D eigenvalue weighted by molar-refractivity contribution is 8.00. The molecule has 124 valence electrons. The molecule has 2 amide bonds. The molecule has 0 bridgehead atoms. The average Bonchev–Trinajstić information content (AvgIpc) is 2.57. The summed E-state index contributed by atoms with van der Waals surface area (Å²) in [5.41, 5.74) is 4.26. The summed E-state index contributed by atoms with van der Waals surface area (Å²) in [4.78, 5) is 25.4. The highest BCUT2D eigenvalue weighted by atomic mass is 32.2. The third-order valence-corrected chi connectivity index (χ3v) is 5.33. The molecule has 0 fully saturated rings. The van der Waals surface area contributed by atoms with Crippen LogP contribution in [0.3, 0.4) is 0 Å². The van der Waals surface area contributed by atoms with Crippen LogP contribution in [0.4, 0.5) is 11.4 Å².